The van der Waals surface area contributed by atoms with Crippen molar-refractivity contribution >= 4 is 0 Å². The second kappa shape index (κ2) is 4.07. The molecule has 0 rings (SSSR count). The molecule has 0 aliphatic carbocycles. The Hall–Kier alpha value is -0.0800. The first-order chi connectivity index (χ1) is 4.90. The van der Waals surface area contributed by atoms with Crippen LogP contribution in [0.4, 0.5) is 0 Å². The molecule has 68 valence electrons. The van der Waals surface area contributed by atoms with Gasteiger partial charge >= 0.3 is 0 Å². The highest BCUT2D eigenvalue weighted by Gasteiger charge is 2.21. The van der Waals surface area contributed by atoms with Crippen LogP contribution < -0.4 is 5.73 Å². The number of rotatable bonds is 4. The average molecular weight is 158 g/mol. The molecule has 0 aliphatic heterocycles. The molecule has 0 atom stereocenters. The lowest BCUT2D eigenvalue weighted by Gasteiger charge is -2.35. The minimum Gasteiger partial charge on any atom is -0.329 e. The van der Waals surface area contributed by atoms with Crippen molar-refractivity contribution in [1.82, 2.24) is 4.90 Å². The van der Waals surface area contributed by atoms with E-state index in [1.54, 1.807) is 0 Å². The van der Waals surface area contributed by atoms with Gasteiger partial charge in [0.15, 0.2) is 0 Å². The van der Waals surface area contributed by atoms with Crippen LogP contribution in [0.1, 0.15) is 27.7 Å². The zero-order chi connectivity index (χ0) is 9.07. The summed E-state index contributed by atoms with van der Waals surface area (Å²) in [4.78, 5) is 2.32. The van der Waals surface area contributed by atoms with Crippen LogP contribution in [0.2, 0.25) is 0 Å². The van der Waals surface area contributed by atoms with Gasteiger partial charge in [0.25, 0.3) is 0 Å². The quantitative estimate of drug-likeness (QED) is 0.668. The minimum absolute atomic E-state index is 0.143. The summed E-state index contributed by atoms with van der Waals surface area (Å²) in [5.41, 5.74) is 5.78. The summed E-state index contributed by atoms with van der Waals surface area (Å²) in [6.07, 6.45) is 0. The molecule has 0 amide bonds. The van der Waals surface area contributed by atoms with Gasteiger partial charge in [-0.3, -0.25) is 4.90 Å². The van der Waals surface area contributed by atoms with Crippen LogP contribution in [0.15, 0.2) is 0 Å². The summed E-state index contributed by atoms with van der Waals surface area (Å²) in [6, 6.07) is 0. The van der Waals surface area contributed by atoms with Gasteiger partial charge in [0.2, 0.25) is 0 Å². The third kappa shape index (κ3) is 3.73. The normalized spacial score (nSPS) is 13.1. The molecule has 0 saturated carbocycles. The molecular formula is C9H22N2. The molecule has 0 radical (unpaired) electrons. The molecule has 2 N–H and O–H groups in total. The van der Waals surface area contributed by atoms with Crippen molar-refractivity contribution in [2.24, 2.45) is 11.7 Å². The maximum atomic E-state index is 5.64. The fourth-order valence-corrected chi connectivity index (χ4v) is 0.951. The van der Waals surface area contributed by atoms with Gasteiger partial charge in [-0.1, -0.05) is 13.8 Å². The predicted octanol–water partition coefficient (Wildman–Crippen LogP) is 1.31. The predicted molar refractivity (Wildman–Crippen MR) is 50.6 cm³/mol. The Morgan fingerprint density at radius 2 is 1.82 bits per heavy atom. The number of likely N-dealkylation sites (N-methyl/N-ethyl adjacent to an activating group) is 1. The monoisotopic (exact) mass is 158 g/mol. The van der Waals surface area contributed by atoms with Crippen molar-refractivity contribution in [2.75, 3.05) is 20.1 Å². The minimum atomic E-state index is 0.143. The Morgan fingerprint density at radius 1 is 1.36 bits per heavy atom. The van der Waals surface area contributed by atoms with Gasteiger partial charge < -0.3 is 5.73 Å². The molecule has 2 nitrogen and oxygen atoms in total. The van der Waals surface area contributed by atoms with E-state index in [0.29, 0.717) is 5.92 Å². The van der Waals surface area contributed by atoms with Crippen LogP contribution in [-0.4, -0.2) is 30.6 Å². The fourth-order valence-electron chi connectivity index (χ4n) is 0.951. The molecular weight excluding hydrogens is 136 g/mol. The second-order valence-corrected chi connectivity index (χ2v) is 4.29. The molecule has 0 bridgehead atoms. The molecule has 0 aliphatic rings. The van der Waals surface area contributed by atoms with Crippen molar-refractivity contribution < 1.29 is 0 Å². The summed E-state index contributed by atoms with van der Waals surface area (Å²) in [5, 5.41) is 0. The van der Waals surface area contributed by atoms with Crippen LogP contribution in [0, 0.1) is 5.92 Å². The third-order valence-electron chi connectivity index (χ3n) is 2.17. The molecule has 11 heavy (non-hydrogen) atoms. The Balaban J connectivity index is 3.90. The summed E-state index contributed by atoms with van der Waals surface area (Å²) in [6.45, 7) is 10.6. The Labute approximate surface area is 70.8 Å². The lowest BCUT2D eigenvalue weighted by molar-refractivity contribution is 0.146. The molecule has 0 spiro atoms. The zero-order valence-electron chi connectivity index (χ0n) is 8.52. The second-order valence-electron chi connectivity index (χ2n) is 4.29. The van der Waals surface area contributed by atoms with Gasteiger partial charge in [-0.25, -0.2) is 0 Å². The van der Waals surface area contributed by atoms with Crippen molar-refractivity contribution in [3.8, 4) is 0 Å². The van der Waals surface area contributed by atoms with E-state index in [-0.39, 0.29) is 5.54 Å². The highest BCUT2D eigenvalue weighted by atomic mass is 15.2. The smallest absolute Gasteiger partial charge is 0.0272 e. The first-order valence-corrected chi connectivity index (χ1v) is 4.31. The van der Waals surface area contributed by atoms with Gasteiger partial charge in [-0.05, 0) is 26.8 Å². The van der Waals surface area contributed by atoms with Crippen molar-refractivity contribution in [2.45, 2.75) is 33.2 Å². The van der Waals surface area contributed by atoms with E-state index in [9.17, 15) is 0 Å². The molecule has 0 fully saturated rings. The standard InChI is InChI=1S/C9H22N2/c1-8(2)6-11(5)9(3,4)7-10/h8H,6-7,10H2,1-5H3. The van der Waals surface area contributed by atoms with E-state index >= 15 is 0 Å². The van der Waals surface area contributed by atoms with Crippen LogP contribution in [0.5, 0.6) is 0 Å². The lowest BCUT2D eigenvalue weighted by atomic mass is 10.0. The summed E-state index contributed by atoms with van der Waals surface area (Å²) >= 11 is 0. The number of nitrogens with two attached hydrogens (primary N) is 1. The van der Waals surface area contributed by atoms with Crippen LogP contribution in [0.3, 0.4) is 0 Å². The van der Waals surface area contributed by atoms with E-state index < -0.39 is 0 Å². The largest absolute Gasteiger partial charge is 0.329 e. The van der Waals surface area contributed by atoms with E-state index in [4.69, 9.17) is 5.73 Å². The van der Waals surface area contributed by atoms with Crippen molar-refractivity contribution in [3.05, 3.63) is 0 Å². The number of hydrogen-bond acceptors (Lipinski definition) is 2. The molecule has 2 heteroatoms. The van der Waals surface area contributed by atoms with Crippen LogP contribution >= 0.6 is 0 Å². The van der Waals surface area contributed by atoms with E-state index in [2.05, 4.69) is 39.6 Å². The first kappa shape index (κ1) is 10.9. The van der Waals surface area contributed by atoms with Crippen LogP contribution in [-0.2, 0) is 0 Å². The molecule has 0 aromatic carbocycles. The Morgan fingerprint density at radius 3 is 2.09 bits per heavy atom. The first-order valence-electron chi connectivity index (χ1n) is 4.31. The SMILES string of the molecule is CC(C)CN(C)C(C)(C)CN. The highest BCUT2D eigenvalue weighted by Crippen LogP contribution is 2.11. The average Bonchev–Trinajstić information content (AvgIpc) is 1.86. The van der Waals surface area contributed by atoms with Gasteiger partial charge in [-0.2, -0.15) is 0 Å². The molecule has 0 heterocycles. The van der Waals surface area contributed by atoms with Gasteiger partial charge in [-0.15, -0.1) is 0 Å². The molecule has 0 unspecified atom stereocenters. The van der Waals surface area contributed by atoms with E-state index in [0.717, 1.165) is 13.1 Å². The van der Waals surface area contributed by atoms with E-state index in [1.807, 2.05) is 0 Å². The summed E-state index contributed by atoms with van der Waals surface area (Å²) < 4.78 is 0. The summed E-state index contributed by atoms with van der Waals surface area (Å²) in [5.74, 6) is 0.714. The molecule has 0 aromatic rings. The Kier molecular flexibility index (Phi) is 4.04. The Bertz CT molecular complexity index is 108. The maximum Gasteiger partial charge on any atom is 0.0272 e. The van der Waals surface area contributed by atoms with Gasteiger partial charge in [0.05, 0.1) is 0 Å². The van der Waals surface area contributed by atoms with Crippen LogP contribution in [0.25, 0.3) is 0 Å². The van der Waals surface area contributed by atoms with Gasteiger partial charge in [0, 0.05) is 18.6 Å². The van der Waals surface area contributed by atoms with Crippen molar-refractivity contribution in [3.63, 3.8) is 0 Å². The fraction of sp³-hybridized carbons (Fsp3) is 1.00. The maximum absolute atomic E-state index is 5.64. The van der Waals surface area contributed by atoms with E-state index in [1.165, 1.54) is 0 Å². The topological polar surface area (TPSA) is 29.3 Å². The molecule has 0 saturated heterocycles. The van der Waals surface area contributed by atoms with Crippen molar-refractivity contribution in [1.29, 1.82) is 0 Å². The lowest BCUT2D eigenvalue weighted by Crippen LogP contribution is -2.48. The van der Waals surface area contributed by atoms with Gasteiger partial charge in [0.1, 0.15) is 0 Å². The number of hydrogen-bond donors (Lipinski definition) is 1. The number of nitrogens with zero attached hydrogens (tertiary/aromatic N) is 1. The third-order valence-corrected chi connectivity index (χ3v) is 2.17. The summed E-state index contributed by atoms with van der Waals surface area (Å²) in [7, 11) is 2.13. The zero-order valence-corrected chi connectivity index (χ0v) is 8.52. The molecule has 0 aromatic heterocycles. The highest BCUT2D eigenvalue weighted by molar-refractivity contribution is 4.80.